The molecule has 0 bridgehead atoms. The fraction of sp³-hybridized carbons (Fsp3) is 0.500. The van der Waals surface area contributed by atoms with Crippen LogP contribution in [0.4, 0.5) is 0 Å². The van der Waals surface area contributed by atoms with Gasteiger partial charge in [0.05, 0.1) is 24.7 Å². The number of aromatic nitrogens is 1. The first-order valence-corrected chi connectivity index (χ1v) is 9.71. The topological polar surface area (TPSA) is 22.1 Å². The maximum atomic E-state index is 5.27. The van der Waals surface area contributed by atoms with E-state index in [9.17, 15) is 0 Å². The molecular weight excluding hydrogens is 206 g/mol. The molecule has 0 fully saturated rings. The number of hydrogen-bond donors (Lipinski definition) is 0. The van der Waals surface area contributed by atoms with Gasteiger partial charge >= 0.3 is 0 Å². The highest BCUT2D eigenvalue weighted by Gasteiger charge is 2.12. The molecule has 0 aromatic carbocycles. The molecule has 0 unspecified atom stereocenters. The van der Waals surface area contributed by atoms with Crippen molar-refractivity contribution < 1.29 is 4.74 Å². The summed E-state index contributed by atoms with van der Waals surface area (Å²) < 4.78 is 5.27. The molecule has 14 heavy (non-hydrogen) atoms. The van der Waals surface area contributed by atoms with E-state index in [2.05, 4.69) is 37.2 Å². The number of hydrogen-bond acceptors (Lipinski definition) is 2. The third kappa shape index (κ3) is 2.45. The summed E-state index contributed by atoms with van der Waals surface area (Å²) in [6, 6.07) is 2.29. The van der Waals surface area contributed by atoms with E-state index in [1.165, 1.54) is 10.4 Å². The van der Waals surface area contributed by atoms with Crippen molar-refractivity contribution in [1.82, 2.24) is 4.98 Å². The lowest BCUT2D eigenvalue weighted by Crippen LogP contribution is -2.33. The summed E-state index contributed by atoms with van der Waals surface area (Å²) in [5.41, 5.74) is 0. The van der Waals surface area contributed by atoms with E-state index in [-0.39, 0.29) is 0 Å². The van der Waals surface area contributed by atoms with Crippen LogP contribution in [0.3, 0.4) is 0 Å². The molecule has 2 nitrogen and oxygen atoms in total. The number of rotatable bonds is 3. The lowest BCUT2D eigenvalue weighted by Gasteiger charge is -2.12. The number of ether oxygens (including phenoxy) is 1. The van der Waals surface area contributed by atoms with Crippen LogP contribution in [0.25, 0.3) is 0 Å². The molecule has 0 saturated heterocycles. The van der Waals surface area contributed by atoms with Gasteiger partial charge in [0.2, 0.25) is 5.88 Å². The van der Waals surface area contributed by atoms with E-state index >= 15 is 0 Å². The zero-order chi connectivity index (χ0) is 10.7. The van der Waals surface area contributed by atoms with Crippen LogP contribution in [-0.2, 0) is 0 Å². The summed E-state index contributed by atoms with van der Waals surface area (Å²) in [6.07, 6.45) is 1.96. The maximum Gasteiger partial charge on any atom is 0.211 e. The molecule has 0 spiro atoms. The summed E-state index contributed by atoms with van der Waals surface area (Å²) >= 11 is 0. The maximum absolute atomic E-state index is 5.27. The van der Waals surface area contributed by atoms with Crippen molar-refractivity contribution in [2.75, 3.05) is 7.11 Å². The van der Waals surface area contributed by atoms with E-state index in [1.54, 1.807) is 7.11 Å². The Morgan fingerprint density at radius 2 is 1.79 bits per heavy atom. The van der Waals surface area contributed by atoms with E-state index < -0.39 is 17.6 Å². The number of nitrogens with zero attached hydrogens (tertiary/aromatic N) is 1. The molecule has 0 atom stereocenters. The molecule has 0 saturated carbocycles. The average molecular weight is 223 g/mol. The largest absolute Gasteiger partial charge is 0.481 e. The highest BCUT2D eigenvalue weighted by molar-refractivity contribution is 6.74. The third-order valence-electron chi connectivity index (χ3n) is 2.16. The Kier molecular flexibility index (Phi) is 3.89. The summed E-state index contributed by atoms with van der Waals surface area (Å²) in [4.78, 5) is 4.37. The van der Waals surface area contributed by atoms with Gasteiger partial charge in [-0.1, -0.05) is 32.3 Å². The summed E-state index contributed by atoms with van der Waals surface area (Å²) in [5, 5.41) is 2.72. The van der Waals surface area contributed by atoms with Crippen molar-refractivity contribution in [3.8, 4) is 5.88 Å². The Hall–Kier alpha value is -0.616. The first-order chi connectivity index (χ1) is 6.56. The fourth-order valence-corrected chi connectivity index (χ4v) is 3.19. The molecular formula is C10H17NOSi2. The molecule has 0 aliphatic heterocycles. The second-order valence-corrected chi connectivity index (χ2v) is 8.90. The van der Waals surface area contributed by atoms with Crippen LogP contribution in [0, 0.1) is 0 Å². The Bertz CT molecular complexity index is 313. The van der Waals surface area contributed by atoms with Crippen LogP contribution < -0.4 is 15.1 Å². The van der Waals surface area contributed by atoms with Crippen LogP contribution in [0.5, 0.6) is 5.88 Å². The van der Waals surface area contributed by atoms with Gasteiger partial charge in [0.1, 0.15) is 0 Å². The van der Waals surface area contributed by atoms with E-state index in [0.717, 1.165) is 5.88 Å². The van der Waals surface area contributed by atoms with E-state index in [0.29, 0.717) is 0 Å². The van der Waals surface area contributed by atoms with Crippen molar-refractivity contribution in [1.29, 1.82) is 0 Å². The van der Waals surface area contributed by atoms with Crippen molar-refractivity contribution in [2.45, 2.75) is 26.2 Å². The summed E-state index contributed by atoms with van der Waals surface area (Å²) in [5.74, 6) is 0.816. The van der Waals surface area contributed by atoms with Crippen molar-refractivity contribution >= 4 is 28.0 Å². The molecule has 2 radical (unpaired) electrons. The molecule has 0 amide bonds. The normalized spacial score (nSPS) is 11.1. The SMILES string of the molecule is COc1ncc([Si](C)C)cc1[Si](C)C. The highest BCUT2D eigenvalue weighted by atomic mass is 28.3. The summed E-state index contributed by atoms with van der Waals surface area (Å²) in [7, 11) is 0.821. The minimum Gasteiger partial charge on any atom is -0.481 e. The van der Waals surface area contributed by atoms with Gasteiger partial charge < -0.3 is 4.74 Å². The standard InChI is InChI=1S/C10H17NOSi2/c1-12-10-9(14(4)5)6-8(7-11-10)13(2)3/h6-7H,1-5H3. The number of pyridine rings is 1. The molecule has 1 rings (SSSR count). The molecule has 0 aliphatic carbocycles. The van der Waals surface area contributed by atoms with Crippen LogP contribution >= 0.6 is 0 Å². The van der Waals surface area contributed by atoms with Gasteiger partial charge in [0, 0.05) is 6.20 Å². The first-order valence-electron chi connectivity index (χ1n) is 4.71. The van der Waals surface area contributed by atoms with Gasteiger partial charge in [-0.05, 0) is 10.4 Å². The minimum atomic E-state index is -0.480. The van der Waals surface area contributed by atoms with E-state index in [1.807, 2.05) is 6.20 Å². The monoisotopic (exact) mass is 223 g/mol. The van der Waals surface area contributed by atoms with Gasteiger partial charge in [0.25, 0.3) is 0 Å². The molecule has 76 valence electrons. The smallest absolute Gasteiger partial charge is 0.211 e. The Balaban J connectivity index is 3.14. The molecule has 1 heterocycles. The predicted molar refractivity (Wildman–Crippen MR) is 65.0 cm³/mol. The Labute approximate surface area is 89.5 Å². The second-order valence-electron chi connectivity index (χ2n) is 3.78. The lowest BCUT2D eigenvalue weighted by molar-refractivity contribution is 0.401. The lowest BCUT2D eigenvalue weighted by atomic mass is 10.5. The Morgan fingerprint density at radius 1 is 1.14 bits per heavy atom. The molecule has 1 aromatic rings. The van der Waals surface area contributed by atoms with Gasteiger partial charge in [-0.2, -0.15) is 0 Å². The van der Waals surface area contributed by atoms with Crippen LogP contribution in [0.1, 0.15) is 0 Å². The second kappa shape index (κ2) is 4.75. The number of methoxy groups -OCH3 is 1. The van der Waals surface area contributed by atoms with Gasteiger partial charge in [-0.25, -0.2) is 4.98 Å². The third-order valence-corrected chi connectivity index (χ3v) is 5.02. The molecule has 4 heteroatoms. The van der Waals surface area contributed by atoms with Crippen molar-refractivity contribution in [2.24, 2.45) is 0 Å². The van der Waals surface area contributed by atoms with E-state index in [4.69, 9.17) is 4.74 Å². The highest BCUT2D eigenvalue weighted by Crippen LogP contribution is 2.02. The van der Waals surface area contributed by atoms with Crippen molar-refractivity contribution in [3.05, 3.63) is 12.3 Å². The predicted octanol–water partition coefficient (Wildman–Crippen LogP) is 1.01. The quantitative estimate of drug-likeness (QED) is 0.714. The van der Waals surface area contributed by atoms with Gasteiger partial charge in [0.15, 0.2) is 0 Å². The molecule has 1 aromatic heterocycles. The summed E-state index contributed by atoms with van der Waals surface area (Å²) in [6.45, 7) is 9.11. The zero-order valence-electron chi connectivity index (χ0n) is 9.51. The minimum absolute atomic E-state index is 0.394. The molecule has 0 aliphatic rings. The van der Waals surface area contributed by atoms with Crippen LogP contribution in [0.15, 0.2) is 12.3 Å². The van der Waals surface area contributed by atoms with Gasteiger partial charge in [-0.3, -0.25) is 0 Å². The zero-order valence-corrected chi connectivity index (χ0v) is 11.5. The first kappa shape index (κ1) is 11.5. The average Bonchev–Trinajstić information content (AvgIpc) is 2.16. The van der Waals surface area contributed by atoms with Gasteiger partial charge in [-0.15, -0.1) is 0 Å². The van der Waals surface area contributed by atoms with Crippen LogP contribution in [-0.4, -0.2) is 29.7 Å². The Morgan fingerprint density at radius 3 is 2.21 bits per heavy atom. The van der Waals surface area contributed by atoms with Crippen LogP contribution in [0.2, 0.25) is 26.2 Å². The van der Waals surface area contributed by atoms with Crippen molar-refractivity contribution in [3.63, 3.8) is 0 Å². The fourth-order valence-electron chi connectivity index (χ4n) is 1.25. The molecule has 0 N–H and O–H groups in total.